The Hall–Kier alpha value is -7.46. The summed E-state index contributed by atoms with van der Waals surface area (Å²) >= 11 is 11.6. The van der Waals surface area contributed by atoms with Gasteiger partial charge >= 0.3 is 25.2 Å². The predicted octanol–water partition coefficient (Wildman–Crippen LogP) is 12.8. The molecule has 2 atom stereocenters. The number of hydrogen-bond donors (Lipinski definition) is 2. The number of halogens is 12. The number of carboxylic acids is 2. The molecular formula is C54H42Cl2F10N2O10. The van der Waals surface area contributed by atoms with Crippen LogP contribution in [0, 0.1) is 33.9 Å². The maximum absolute atomic E-state index is 14.8. The fourth-order valence-corrected chi connectivity index (χ4v) is 9.71. The molecule has 2 aliphatic carbocycles. The summed E-state index contributed by atoms with van der Waals surface area (Å²) in [4.78, 5) is 48.8. The SMILES string of the molecule is O=C(O)c1ccc(CC(=O)C(CC2CC(F)(F)C2)c2ccc(-c3c(OC(F)F)ccc(Cl)c3F)c[n+]2[O-])cc1.O=C(O)c1ccc(CC(=O)C(CC2CC(F)(F)C2)c2ccc(-c3c(OC(F)F)ccc(Cl)c3F)c[n+]2[O-])cc1. The summed E-state index contributed by atoms with van der Waals surface area (Å²) in [5.74, 6) is -15.6. The molecule has 2 aliphatic rings. The zero-order chi connectivity index (χ0) is 57.0. The van der Waals surface area contributed by atoms with Crippen LogP contribution in [-0.4, -0.2) is 58.8 Å². The first-order valence-corrected chi connectivity index (χ1v) is 24.2. The van der Waals surface area contributed by atoms with Gasteiger partial charge < -0.3 is 30.1 Å². The average molecular weight is 1140 g/mol. The van der Waals surface area contributed by atoms with Crippen molar-refractivity contribution in [2.45, 2.75) is 88.3 Å². The number of hydrogen-bond acceptors (Lipinski definition) is 8. The average Bonchev–Trinajstić information content (AvgIpc) is 3.35. The molecule has 0 radical (unpaired) electrons. The van der Waals surface area contributed by atoms with Gasteiger partial charge in [-0.2, -0.15) is 27.0 Å². The number of rotatable bonds is 20. The predicted molar refractivity (Wildman–Crippen MR) is 259 cm³/mol. The van der Waals surface area contributed by atoms with Crippen molar-refractivity contribution >= 4 is 46.7 Å². The largest absolute Gasteiger partial charge is 0.618 e. The van der Waals surface area contributed by atoms with E-state index in [1.807, 2.05) is 0 Å². The molecule has 2 N–H and O–H groups in total. The monoisotopic (exact) mass is 1140 g/mol. The number of aromatic carboxylic acids is 2. The van der Waals surface area contributed by atoms with Gasteiger partial charge in [-0.3, -0.25) is 9.59 Å². The normalized spacial score (nSPS) is 15.6. The van der Waals surface area contributed by atoms with Crippen LogP contribution in [0.15, 0.2) is 109 Å². The molecular weight excluding hydrogens is 1100 g/mol. The molecule has 2 fully saturated rings. The van der Waals surface area contributed by atoms with Crippen molar-refractivity contribution in [3.63, 3.8) is 0 Å². The van der Waals surface area contributed by atoms with E-state index >= 15 is 0 Å². The van der Waals surface area contributed by atoms with Crippen LogP contribution in [-0.2, 0) is 22.4 Å². The second kappa shape index (κ2) is 24.1. The Balaban J connectivity index is 0.000000226. The summed E-state index contributed by atoms with van der Waals surface area (Å²) in [7, 11) is 0. The van der Waals surface area contributed by atoms with Crippen molar-refractivity contribution < 1.29 is 92.2 Å². The zero-order valence-corrected chi connectivity index (χ0v) is 41.6. The Kier molecular flexibility index (Phi) is 18.0. The molecule has 0 spiro atoms. The van der Waals surface area contributed by atoms with Crippen molar-refractivity contribution in [3.8, 4) is 33.8 Å². The molecule has 412 valence electrons. The second-order valence-electron chi connectivity index (χ2n) is 18.7. The maximum Gasteiger partial charge on any atom is 0.387 e. The van der Waals surface area contributed by atoms with Crippen molar-refractivity contribution in [3.05, 3.63) is 175 Å². The number of carboxylic acid groups (broad SMARTS) is 2. The third-order valence-electron chi connectivity index (χ3n) is 13.1. The Labute approximate surface area is 446 Å². The summed E-state index contributed by atoms with van der Waals surface area (Å²) in [5, 5.41) is 43.5. The molecule has 2 unspecified atom stereocenters. The van der Waals surface area contributed by atoms with Gasteiger partial charge in [-0.05, 0) is 96.5 Å². The standard InChI is InChI=1S/2C27H21ClF5NO5/c2*28-19-6-8-22(39-26(30)31)23(24(19)29)17-5-7-20(34(38)13-17)18(9-15-11-27(32,33)12-15)21(35)10-14-1-3-16(4-2-14)25(36)37/h2*1-8,13,15,18,26H,9-12H2,(H,36,37). The van der Waals surface area contributed by atoms with Crippen LogP contribution in [0.25, 0.3) is 22.3 Å². The molecule has 0 saturated heterocycles. The highest BCUT2D eigenvalue weighted by molar-refractivity contribution is 6.31. The van der Waals surface area contributed by atoms with Gasteiger partial charge in [0.05, 0.1) is 43.4 Å². The Morgan fingerprint density at radius 1 is 0.551 bits per heavy atom. The van der Waals surface area contributed by atoms with E-state index in [0.717, 1.165) is 36.7 Å². The Morgan fingerprint density at radius 2 is 0.885 bits per heavy atom. The number of aromatic nitrogens is 2. The van der Waals surface area contributed by atoms with E-state index in [1.54, 1.807) is 0 Å². The van der Waals surface area contributed by atoms with Gasteiger partial charge in [-0.25, -0.2) is 35.9 Å². The van der Waals surface area contributed by atoms with Gasteiger partial charge in [0, 0.05) is 50.7 Å². The number of ether oxygens (including phenoxy) is 2. The number of alkyl halides is 8. The van der Waals surface area contributed by atoms with Crippen molar-refractivity contribution in [2.24, 2.45) is 11.8 Å². The molecule has 8 rings (SSSR count). The van der Waals surface area contributed by atoms with Crippen molar-refractivity contribution in [2.75, 3.05) is 0 Å². The quantitative estimate of drug-likeness (QED) is 0.0424. The molecule has 24 heteroatoms. The second-order valence-corrected chi connectivity index (χ2v) is 19.5. The third kappa shape index (κ3) is 14.2. The van der Waals surface area contributed by atoms with Crippen LogP contribution in [0.4, 0.5) is 43.9 Å². The van der Waals surface area contributed by atoms with Gasteiger partial charge in [-0.15, -0.1) is 0 Å². The molecule has 78 heavy (non-hydrogen) atoms. The number of Topliss-reactive ketones (excluding diaryl/α,β-unsaturated/α-hetero) is 2. The first-order valence-electron chi connectivity index (χ1n) is 23.5. The number of carbonyl (C=O) groups excluding carboxylic acids is 2. The number of nitrogens with zero attached hydrogens (tertiary/aromatic N) is 2. The number of carbonyl (C=O) groups is 4. The van der Waals surface area contributed by atoms with Crippen molar-refractivity contribution in [1.82, 2.24) is 0 Å². The van der Waals surface area contributed by atoms with E-state index in [-0.39, 0.29) is 68.8 Å². The lowest BCUT2D eigenvalue weighted by Gasteiger charge is -2.36. The summed E-state index contributed by atoms with van der Waals surface area (Å²) in [6, 6.07) is 20.0. The molecule has 2 saturated carbocycles. The molecule has 0 aliphatic heterocycles. The molecule has 0 amide bonds. The maximum atomic E-state index is 14.8. The minimum absolute atomic E-state index is 0.0101. The van der Waals surface area contributed by atoms with Gasteiger partial charge in [-0.1, -0.05) is 47.5 Å². The molecule has 6 aromatic rings. The summed E-state index contributed by atoms with van der Waals surface area (Å²) < 4.78 is 144. The highest BCUT2D eigenvalue weighted by Gasteiger charge is 2.48. The van der Waals surface area contributed by atoms with Crippen LogP contribution < -0.4 is 18.9 Å². The third-order valence-corrected chi connectivity index (χ3v) is 13.7. The zero-order valence-electron chi connectivity index (χ0n) is 40.1. The van der Waals surface area contributed by atoms with E-state index in [1.165, 1.54) is 72.8 Å². The molecule has 2 heterocycles. The smallest absolute Gasteiger partial charge is 0.387 e. The molecule has 4 aromatic carbocycles. The lowest BCUT2D eigenvalue weighted by Crippen LogP contribution is -2.40. The minimum Gasteiger partial charge on any atom is -0.618 e. The highest BCUT2D eigenvalue weighted by atomic mass is 35.5. The fourth-order valence-electron chi connectivity index (χ4n) is 9.40. The van der Waals surface area contributed by atoms with Crippen LogP contribution in [0.2, 0.25) is 10.0 Å². The number of pyridine rings is 2. The number of benzene rings is 4. The minimum atomic E-state index is -3.28. The van der Waals surface area contributed by atoms with E-state index in [9.17, 15) is 73.5 Å². The highest BCUT2D eigenvalue weighted by Crippen LogP contribution is 2.48. The van der Waals surface area contributed by atoms with Gasteiger partial charge in [0.15, 0.2) is 35.6 Å². The van der Waals surface area contributed by atoms with E-state index < -0.39 is 142 Å². The molecule has 2 aromatic heterocycles. The lowest BCUT2D eigenvalue weighted by atomic mass is 9.74. The summed E-state index contributed by atoms with van der Waals surface area (Å²) in [5.41, 5.74) is -0.551. The Morgan fingerprint density at radius 3 is 1.17 bits per heavy atom. The van der Waals surface area contributed by atoms with Crippen molar-refractivity contribution in [1.29, 1.82) is 0 Å². The van der Waals surface area contributed by atoms with E-state index in [4.69, 9.17) is 33.4 Å². The van der Waals surface area contributed by atoms with Crippen LogP contribution in [0.1, 0.15) is 93.6 Å². The van der Waals surface area contributed by atoms with E-state index in [0.29, 0.717) is 11.1 Å². The van der Waals surface area contributed by atoms with Crippen LogP contribution in [0.5, 0.6) is 11.5 Å². The molecule has 12 nitrogen and oxygen atoms in total. The van der Waals surface area contributed by atoms with Gasteiger partial charge in [0.1, 0.15) is 23.3 Å². The van der Waals surface area contributed by atoms with Crippen LogP contribution in [0.3, 0.4) is 0 Å². The van der Waals surface area contributed by atoms with E-state index in [2.05, 4.69) is 9.47 Å². The van der Waals surface area contributed by atoms with Gasteiger partial charge in [0.2, 0.25) is 23.2 Å². The number of ketones is 2. The Bertz CT molecular complexity index is 3000. The summed E-state index contributed by atoms with van der Waals surface area (Å²) in [6.07, 6.45) is -0.518. The lowest BCUT2D eigenvalue weighted by molar-refractivity contribution is -0.614. The summed E-state index contributed by atoms with van der Waals surface area (Å²) in [6.45, 7) is -6.56. The fraction of sp³-hybridized carbons (Fsp3) is 0.296. The first kappa shape index (κ1) is 58.2. The first-order chi connectivity index (χ1) is 36.7. The van der Waals surface area contributed by atoms with Gasteiger partial charge in [0.25, 0.3) is 0 Å². The topological polar surface area (TPSA) is 181 Å². The van der Waals surface area contributed by atoms with Crippen LogP contribution >= 0.6 is 23.2 Å². The molecule has 0 bridgehead atoms.